The van der Waals surface area contributed by atoms with E-state index in [2.05, 4.69) is 27.4 Å². The van der Waals surface area contributed by atoms with Crippen molar-refractivity contribution in [1.29, 1.82) is 0 Å². The maximum atomic E-state index is 14.8. The van der Waals surface area contributed by atoms with E-state index in [4.69, 9.17) is 40.5 Å². The van der Waals surface area contributed by atoms with E-state index in [1.807, 2.05) is 60.0 Å². The number of ether oxygens (including phenoxy) is 4. The van der Waals surface area contributed by atoms with Gasteiger partial charge in [0.25, 0.3) is 0 Å². The molecule has 1 aliphatic heterocycles. The number of pyridine rings is 1. The van der Waals surface area contributed by atoms with Gasteiger partial charge in [0.05, 0.1) is 24.4 Å². The molecule has 8 atom stereocenters. The summed E-state index contributed by atoms with van der Waals surface area (Å²) >= 11 is 8.53. The number of fused-ring (bicyclic) bond motifs is 2. The molecule has 348 valence electrons. The Morgan fingerprint density at radius 2 is 1.80 bits per heavy atom. The van der Waals surface area contributed by atoms with Crippen LogP contribution in [-0.2, 0) is 23.9 Å². The molecule has 1 aromatic carbocycles. The van der Waals surface area contributed by atoms with Crippen LogP contribution in [0.5, 0.6) is 11.5 Å². The van der Waals surface area contributed by atoms with Gasteiger partial charge in [0.15, 0.2) is 5.13 Å². The summed E-state index contributed by atoms with van der Waals surface area (Å²) in [6.45, 7) is 18.2. The predicted octanol–water partition coefficient (Wildman–Crippen LogP) is 6.61. The van der Waals surface area contributed by atoms with Crippen LogP contribution in [0, 0.1) is 23.2 Å². The molecule has 3 aromatic rings. The van der Waals surface area contributed by atoms with Gasteiger partial charge in [-0.1, -0.05) is 38.4 Å². The standard InChI is InChI=1S/C46H62ClN7O9S/c1-9-28-22-46(28,42(57)58)52-40(55)34-20-30(23-54(34)41(56)39(45(5,6)7)51-44(59)63-29-18-26-17-27(26)19-29)62-36-21-32(33-24-64-43(50-33)48-25(3)4)49-38-31(36)11-12-35(37(38)47)61-16-14-53(8)13-15-60-10-2/h9,11-12,21,24-30,34,39H,1,10,13-20,22-23H2,2-8H3,(H,48,50)(H,51,59)(H,52,55)(H,57,58)/t26-,27+,28-,29?,30-,34+,39-,46?/m1/s1. The molecule has 3 saturated carbocycles. The minimum atomic E-state index is -1.54. The number of aromatic nitrogens is 2. The Morgan fingerprint density at radius 3 is 2.45 bits per heavy atom. The van der Waals surface area contributed by atoms with E-state index in [1.54, 1.807) is 12.1 Å². The molecule has 16 nitrogen and oxygen atoms in total. The summed E-state index contributed by atoms with van der Waals surface area (Å²) in [6, 6.07) is 3.26. The van der Waals surface area contributed by atoms with Crippen molar-refractivity contribution in [3.05, 3.63) is 41.3 Å². The molecule has 3 heterocycles. The topological polar surface area (TPSA) is 194 Å². The fourth-order valence-corrected chi connectivity index (χ4v) is 9.90. The van der Waals surface area contributed by atoms with Gasteiger partial charge in [0, 0.05) is 54.9 Å². The van der Waals surface area contributed by atoms with Crippen molar-refractivity contribution in [2.75, 3.05) is 51.8 Å². The second kappa shape index (κ2) is 19.4. The van der Waals surface area contributed by atoms with Crippen molar-refractivity contribution >= 4 is 62.8 Å². The van der Waals surface area contributed by atoms with Crippen molar-refractivity contribution in [2.45, 2.75) is 110 Å². The van der Waals surface area contributed by atoms with Gasteiger partial charge in [0.1, 0.15) is 58.7 Å². The van der Waals surface area contributed by atoms with Gasteiger partial charge < -0.3 is 49.8 Å². The average Bonchev–Trinajstić information content (AvgIpc) is 3.90. The number of halogens is 1. The van der Waals surface area contributed by atoms with Gasteiger partial charge in [0.2, 0.25) is 11.8 Å². The molecule has 64 heavy (non-hydrogen) atoms. The number of aliphatic carboxylic acids is 1. The van der Waals surface area contributed by atoms with Gasteiger partial charge in [-0.3, -0.25) is 9.59 Å². The van der Waals surface area contributed by atoms with E-state index in [-0.39, 0.29) is 36.6 Å². The minimum absolute atomic E-state index is 0.0161. The first-order valence-corrected chi connectivity index (χ1v) is 23.5. The summed E-state index contributed by atoms with van der Waals surface area (Å²) in [6.07, 6.45) is 2.83. The zero-order chi connectivity index (χ0) is 46.1. The summed E-state index contributed by atoms with van der Waals surface area (Å²) in [7, 11) is 1.99. The number of carbonyl (C=O) groups is 4. The third-order valence-corrected chi connectivity index (χ3v) is 13.7. The maximum absolute atomic E-state index is 14.8. The minimum Gasteiger partial charge on any atom is -0.491 e. The third kappa shape index (κ3) is 10.7. The first-order valence-electron chi connectivity index (χ1n) is 22.3. The number of thiazole rings is 1. The Hall–Kier alpha value is -4.71. The van der Waals surface area contributed by atoms with Gasteiger partial charge in [-0.05, 0) is 82.9 Å². The number of likely N-dealkylation sites (tertiary alicyclic amines) is 1. The molecule has 0 radical (unpaired) electrons. The van der Waals surface area contributed by atoms with Gasteiger partial charge in [-0.2, -0.15) is 0 Å². The average molecular weight is 925 g/mol. The molecule has 0 bridgehead atoms. The fraction of sp³-hybridized carbons (Fsp3) is 0.609. The molecular weight excluding hydrogens is 862 g/mol. The lowest BCUT2D eigenvalue weighted by atomic mass is 9.85. The highest BCUT2D eigenvalue weighted by atomic mass is 35.5. The van der Waals surface area contributed by atoms with Crippen molar-refractivity contribution in [1.82, 2.24) is 30.4 Å². The monoisotopic (exact) mass is 923 g/mol. The molecule has 2 aromatic heterocycles. The number of hydrogen-bond acceptors (Lipinski definition) is 13. The normalized spacial score (nSPS) is 25.2. The van der Waals surface area contributed by atoms with Gasteiger partial charge in [-0.25, -0.2) is 19.6 Å². The van der Waals surface area contributed by atoms with Crippen molar-refractivity contribution < 1.29 is 43.2 Å². The molecule has 4 aliphatic rings. The Kier molecular flexibility index (Phi) is 14.3. The van der Waals surface area contributed by atoms with Gasteiger partial charge >= 0.3 is 12.1 Å². The molecule has 4 N–H and O–H groups in total. The van der Waals surface area contributed by atoms with Crippen molar-refractivity contribution in [2.24, 2.45) is 23.2 Å². The molecule has 3 aliphatic carbocycles. The lowest BCUT2D eigenvalue weighted by Crippen LogP contribution is -2.59. The van der Waals surface area contributed by atoms with E-state index < -0.39 is 58.9 Å². The lowest BCUT2D eigenvalue weighted by Gasteiger charge is -2.35. The van der Waals surface area contributed by atoms with E-state index >= 15 is 0 Å². The summed E-state index contributed by atoms with van der Waals surface area (Å²) < 4.78 is 24.2. The molecule has 18 heteroatoms. The maximum Gasteiger partial charge on any atom is 0.408 e. The summed E-state index contributed by atoms with van der Waals surface area (Å²) in [4.78, 5) is 68.2. The largest absolute Gasteiger partial charge is 0.491 e. The molecule has 3 amide bonds. The Balaban J connectivity index is 1.18. The zero-order valence-electron chi connectivity index (χ0n) is 37.8. The first-order chi connectivity index (χ1) is 30.4. The quantitative estimate of drug-likeness (QED) is 0.0700. The van der Waals surface area contributed by atoms with Crippen LogP contribution < -0.4 is 25.4 Å². The van der Waals surface area contributed by atoms with Crippen LogP contribution in [-0.4, -0.2) is 131 Å². The lowest BCUT2D eigenvalue weighted by molar-refractivity contribution is -0.146. The third-order valence-electron chi connectivity index (χ3n) is 12.6. The molecule has 7 rings (SSSR count). The van der Waals surface area contributed by atoms with Crippen LogP contribution in [0.25, 0.3) is 22.3 Å². The highest BCUT2D eigenvalue weighted by Crippen LogP contribution is 2.52. The number of nitrogens with zero attached hydrogens (tertiary/aromatic N) is 4. The van der Waals surface area contributed by atoms with Crippen LogP contribution in [0.1, 0.15) is 73.6 Å². The number of amides is 3. The van der Waals surface area contributed by atoms with Crippen LogP contribution in [0.3, 0.4) is 0 Å². The number of carbonyl (C=O) groups excluding carboxylic acids is 3. The van der Waals surface area contributed by atoms with Crippen LogP contribution >= 0.6 is 22.9 Å². The Labute approximate surface area is 383 Å². The smallest absolute Gasteiger partial charge is 0.408 e. The molecule has 0 spiro atoms. The molecule has 4 fully saturated rings. The van der Waals surface area contributed by atoms with Crippen molar-refractivity contribution in [3.63, 3.8) is 0 Å². The highest BCUT2D eigenvalue weighted by molar-refractivity contribution is 7.14. The van der Waals surface area contributed by atoms with Crippen LogP contribution in [0.4, 0.5) is 9.93 Å². The molecule has 2 unspecified atom stereocenters. The number of anilines is 1. The number of carboxylic acid groups (broad SMARTS) is 1. The first kappa shape index (κ1) is 47.3. The number of hydrogen-bond donors (Lipinski definition) is 4. The SMILES string of the molecule is C=C[C@@H]1CC1(NC(=O)[C@@H]1C[C@@H](Oc2cc(-c3csc(NC(C)C)n3)nc3c(Cl)c(OCCN(C)CCOCC)ccc23)CN1C(=O)[C@@H](NC(=O)OC1C[C@@H]2C[C@@H]2C1)C(C)(C)C)C(=O)O. The van der Waals surface area contributed by atoms with Gasteiger partial charge in [-0.15, -0.1) is 17.9 Å². The summed E-state index contributed by atoms with van der Waals surface area (Å²) in [5, 5.41) is 22.5. The van der Waals surface area contributed by atoms with Crippen LogP contribution in [0.15, 0.2) is 36.2 Å². The highest BCUT2D eigenvalue weighted by Gasteiger charge is 2.61. The second-order valence-corrected chi connectivity index (χ2v) is 20.2. The molecule has 1 saturated heterocycles. The summed E-state index contributed by atoms with van der Waals surface area (Å²) in [5.41, 5.74) is -0.871. The Morgan fingerprint density at radius 1 is 1.06 bits per heavy atom. The number of nitrogens with one attached hydrogen (secondary N) is 3. The van der Waals surface area contributed by atoms with E-state index in [0.29, 0.717) is 77.1 Å². The predicted molar refractivity (Wildman–Crippen MR) is 245 cm³/mol. The number of likely N-dealkylation sites (N-methyl/N-ethyl adjacent to an activating group) is 1. The second-order valence-electron chi connectivity index (χ2n) is 19.0. The van der Waals surface area contributed by atoms with Crippen molar-refractivity contribution in [3.8, 4) is 22.9 Å². The zero-order valence-corrected chi connectivity index (χ0v) is 39.4. The Bertz CT molecular complexity index is 2220. The number of alkyl carbamates (subject to hydrolysis) is 1. The van der Waals surface area contributed by atoms with Crippen LogP contribution in [0.2, 0.25) is 5.02 Å². The fourth-order valence-electron chi connectivity index (χ4n) is 8.79. The summed E-state index contributed by atoms with van der Waals surface area (Å²) in [5.74, 6) is -0.826. The van der Waals surface area contributed by atoms with E-state index in [9.17, 15) is 24.3 Å². The number of carboxylic acids is 1. The number of benzene rings is 1. The molecular formula is C46H62ClN7O9S. The van der Waals surface area contributed by atoms with E-state index in [0.717, 1.165) is 25.8 Å². The number of rotatable bonds is 20. The van der Waals surface area contributed by atoms with E-state index in [1.165, 1.54) is 22.3 Å².